The number of aromatic nitrogens is 2. The smallest absolute Gasteiger partial charge is 0.266 e. The molecule has 0 bridgehead atoms. The highest BCUT2D eigenvalue weighted by atomic mass is 32.2. The Morgan fingerprint density at radius 2 is 1.50 bits per heavy atom. The number of rotatable bonds is 4. The topological polar surface area (TPSA) is 72.3 Å². The third-order valence-electron chi connectivity index (χ3n) is 5.55. The molecule has 1 aliphatic rings. The molecule has 0 saturated carbocycles. The number of amides is 2. The van der Waals surface area contributed by atoms with Crippen LogP contribution in [0.1, 0.15) is 31.8 Å². The third kappa shape index (κ3) is 3.22. The van der Waals surface area contributed by atoms with Gasteiger partial charge in [0.05, 0.1) is 33.6 Å². The van der Waals surface area contributed by atoms with Crippen LogP contribution >= 0.6 is 11.8 Å². The minimum atomic E-state index is -0.334. The van der Waals surface area contributed by atoms with Crippen molar-refractivity contribution < 1.29 is 9.59 Å². The quantitative estimate of drug-likeness (QED) is 0.268. The highest BCUT2D eigenvalue weighted by Gasteiger charge is 2.35. The Morgan fingerprint density at radius 3 is 2.22 bits per heavy atom. The molecule has 0 N–H and O–H groups in total. The molecule has 0 radical (unpaired) electrons. The number of benzene rings is 3. The molecule has 3 aromatic carbocycles. The van der Waals surface area contributed by atoms with Crippen molar-refractivity contribution in [3.8, 4) is 5.69 Å². The minimum absolute atomic E-state index is 0.0575. The Labute approximate surface area is 188 Å². The molecule has 0 saturated heterocycles. The third-order valence-corrected chi connectivity index (χ3v) is 6.47. The van der Waals surface area contributed by atoms with Gasteiger partial charge in [-0.15, -0.1) is 0 Å². The molecule has 1 aliphatic heterocycles. The molecule has 6 nitrogen and oxygen atoms in total. The molecule has 5 rings (SSSR count). The largest absolute Gasteiger partial charge is 0.269 e. The first-order valence-electron chi connectivity index (χ1n) is 10.1. The zero-order chi connectivity index (χ0) is 22.4. The lowest BCUT2D eigenvalue weighted by Crippen LogP contribution is -2.30. The van der Waals surface area contributed by atoms with Gasteiger partial charge in [-0.25, -0.2) is 4.98 Å². The number of aryl methyl sites for hydroxylation is 2. The summed E-state index contributed by atoms with van der Waals surface area (Å²) in [6, 6.07) is 19.9. The van der Waals surface area contributed by atoms with Gasteiger partial charge in [-0.1, -0.05) is 48.2 Å². The Morgan fingerprint density at radius 1 is 0.844 bits per heavy atom. The highest BCUT2D eigenvalue weighted by Crippen LogP contribution is 2.28. The van der Waals surface area contributed by atoms with Crippen LogP contribution in [0.15, 0.2) is 76.7 Å². The molecule has 7 heteroatoms. The first-order valence-corrected chi connectivity index (χ1v) is 11.1. The Hall–Kier alpha value is -3.71. The van der Waals surface area contributed by atoms with Crippen LogP contribution in [0.25, 0.3) is 16.6 Å². The molecule has 2 heterocycles. The van der Waals surface area contributed by atoms with Crippen LogP contribution in [0.5, 0.6) is 0 Å². The molecule has 4 aromatic rings. The summed E-state index contributed by atoms with van der Waals surface area (Å²) in [5, 5.41) is 0.942. The first kappa shape index (κ1) is 20.2. The second kappa shape index (κ2) is 7.76. The van der Waals surface area contributed by atoms with E-state index >= 15 is 0 Å². The van der Waals surface area contributed by atoms with Crippen molar-refractivity contribution in [2.24, 2.45) is 0 Å². The van der Waals surface area contributed by atoms with Crippen molar-refractivity contribution in [1.29, 1.82) is 0 Å². The van der Waals surface area contributed by atoms with E-state index in [1.165, 1.54) is 16.7 Å². The number of fused-ring (bicyclic) bond motifs is 2. The van der Waals surface area contributed by atoms with Crippen molar-refractivity contribution in [2.75, 3.05) is 5.88 Å². The molecule has 0 fully saturated rings. The standard InChI is InChI=1S/C25H19N3O3S/c1-15-11-12-16(2)21(13-15)28-24(31)19-9-5-6-10-20(19)26-25(28)32-14-27-22(29)17-7-3-4-8-18(17)23(27)30/h3-13H,14H2,1-2H3. The zero-order valence-electron chi connectivity index (χ0n) is 17.5. The fourth-order valence-electron chi connectivity index (χ4n) is 3.86. The van der Waals surface area contributed by atoms with Gasteiger partial charge in [0.25, 0.3) is 17.4 Å². The van der Waals surface area contributed by atoms with Crippen LogP contribution < -0.4 is 5.56 Å². The maximum absolute atomic E-state index is 13.5. The summed E-state index contributed by atoms with van der Waals surface area (Å²) in [7, 11) is 0. The normalized spacial score (nSPS) is 13.1. The van der Waals surface area contributed by atoms with Gasteiger partial charge in [0.15, 0.2) is 5.16 Å². The summed E-state index contributed by atoms with van der Waals surface area (Å²) >= 11 is 1.20. The van der Waals surface area contributed by atoms with E-state index in [2.05, 4.69) is 0 Å². The summed E-state index contributed by atoms with van der Waals surface area (Å²) in [6.07, 6.45) is 0. The molecular formula is C25H19N3O3S. The Kier molecular flexibility index (Phi) is 4.90. The molecule has 158 valence electrons. The van der Waals surface area contributed by atoms with Crippen LogP contribution in [0.3, 0.4) is 0 Å². The summed E-state index contributed by atoms with van der Waals surface area (Å²) < 4.78 is 1.58. The fraction of sp³-hybridized carbons (Fsp3) is 0.120. The average Bonchev–Trinajstić information content (AvgIpc) is 3.04. The number of hydrogen-bond acceptors (Lipinski definition) is 5. The molecule has 0 atom stereocenters. The number of para-hydroxylation sites is 1. The van der Waals surface area contributed by atoms with E-state index < -0.39 is 0 Å². The van der Waals surface area contributed by atoms with E-state index in [9.17, 15) is 14.4 Å². The van der Waals surface area contributed by atoms with E-state index in [0.717, 1.165) is 16.8 Å². The van der Waals surface area contributed by atoms with Crippen molar-refractivity contribution in [2.45, 2.75) is 19.0 Å². The van der Waals surface area contributed by atoms with E-state index in [0.29, 0.717) is 27.2 Å². The molecule has 0 spiro atoms. The van der Waals surface area contributed by atoms with Crippen molar-refractivity contribution in [1.82, 2.24) is 14.5 Å². The van der Waals surface area contributed by atoms with E-state index in [4.69, 9.17) is 4.98 Å². The van der Waals surface area contributed by atoms with Crippen LogP contribution in [-0.4, -0.2) is 32.1 Å². The summed E-state index contributed by atoms with van der Waals surface area (Å²) in [5.74, 6) is -0.610. The molecular weight excluding hydrogens is 422 g/mol. The number of carbonyl (C=O) groups is 2. The van der Waals surface area contributed by atoms with Crippen LogP contribution in [-0.2, 0) is 0 Å². The number of imide groups is 1. The van der Waals surface area contributed by atoms with Crippen molar-refractivity contribution >= 4 is 34.5 Å². The van der Waals surface area contributed by atoms with E-state index in [1.807, 2.05) is 44.2 Å². The SMILES string of the molecule is Cc1ccc(C)c(-n2c(SCN3C(=O)c4ccccc4C3=O)nc3ccccc3c2=O)c1. The van der Waals surface area contributed by atoms with Crippen molar-refractivity contribution in [3.05, 3.63) is 99.3 Å². The first-order chi connectivity index (χ1) is 15.5. The lowest BCUT2D eigenvalue weighted by molar-refractivity contribution is 0.0684. The van der Waals surface area contributed by atoms with Gasteiger partial charge in [-0.3, -0.25) is 23.9 Å². The van der Waals surface area contributed by atoms with Gasteiger partial charge in [0.2, 0.25) is 0 Å². The second-order valence-corrected chi connectivity index (χ2v) is 8.61. The minimum Gasteiger partial charge on any atom is -0.269 e. The van der Waals surface area contributed by atoms with Gasteiger partial charge < -0.3 is 0 Å². The Bertz CT molecular complexity index is 1440. The van der Waals surface area contributed by atoms with Gasteiger partial charge >= 0.3 is 0 Å². The number of carbonyl (C=O) groups excluding carboxylic acids is 2. The van der Waals surface area contributed by atoms with E-state index in [-0.39, 0.29) is 23.3 Å². The lowest BCUT2D eigenvalue weighted by atomic mass is 10.1. The monoisotopic (exact) mass is 441 g/mol. The maximum atomic E-state index is 13.5. The molecule has 32 heavy (non-hydrogen) atoms. The zero-order valence-corrected chi connectivity index (χ0v) is 18.3. The average molecular weight is 442 g/mol. The van der Waals surface area contributed by atoms with Gasteiger partial charge in [0, 0.05) is 0 Å². The summed E-state index contributed by atoms with van der Waals surface area (Å²) in [5.41, 5.74) is 3.86. The second-order valence-electron chi connectivity index (χ2n) is 7.70. The Balaban J connectivity index is 1.60. The van der Waals surface area contributed by atoms with Gasteiger partial charge in [-0.05, 0) is 55.3 Å². The molecule has 2 amide bonds. The molecule has 0 aliphatic carbocycles. The molecule has 0 unspecified atom stereocenters. The number of thioether (sulfide) groups is 1. The lowest BCUT2D eigenvalue weighted by Gasteiger charge is -2.18. The van der Waals surface area contributed by atoms with Crippen LogP contribution in [0.2, 0.25) is 0 Å². The van der Waals surface area contributed by atoms with Crippen LogP contribution in [0.4, 0.5) is 0 Å². The van der Waals surface area contributed by atoms with Gasteiger partial charge in [0.1, 0.15) is 0 Å². The fourth-order valence-corrected chi connectivity index (χ4v) is 4.81. The van der Waals surface area contributed by atoms with Crippen LogP contribution in [0, 0.1) is 13.8 Å². The maximum Gasteiger partial charge on any atom is 0.266 e. The predicted octanol–water partition coefficient (Wildman–Crippen LogP) is 4.35. The van der Waals surface area contributed by atoms with Gasteiger partial charge in [-0.2, -0.15) is 0 Å². The summed E-state index contributed by atoms with van der Waals surface area (Å²) in [4.78, 5) is 44.9. The number of nitrogens with zero attached hydrogens (tertiary/aromatic N) is 3. The highest BCUT2D eigenvalue weighted by molar-refractivity contribution is 7.99. The summed E-state index contributed by atoms with van der Waals surface area (Å²) in [6.45, 7) is 3.91. The predicted molar refractivity (Wildman–Crippen MR) is 124 cm³/mol. The molecule has 1 aromatic heterocycles. The van der Waals surface area contributed by atoms with Crippen molar-refractivity contribution in [3.63, 3.8) is 0 Å². The van der Waals surface area contributed by atoms with E-state index in [1.54, 1.807) is 41.0 Å². The number of hydrogen-bond donors (Lipinski definition) is 0.